The molecule has 0 saturated carbocycles. The molecule has 7 heteroatoms. The van der Waals surface area contributed by atoms with Crippen molar-refractivity contribution in [1.29, 1.82) is 0 Å². The van der Waals surface area contributed by atoms with Crippen LogP contribution in [0.5, 0.6) is 0 Å². The first-order valence-electron chi connectivity index (χ1n) is 5.27. The van der Waals surface area contributed by atoms with Crippen molar-refractivity contribution in [3.8, 4) is 0 Å². The van der Waals surface area contributed by atoms with Crippen molar-refractivity contribution < 1.29 is 13.2 Å². The monoisotopic (exact) mass is 294 g/mol. The second kappa shape index (κ2) is 4.66. The van der Waals surface area contributed by atoms with Gasteiger partial charge < -0.3 is 0 Å². The third kappa shape index (κ3) is 2.75. The van der Waals surface area contributed by atoms with Crippen LogP contribution in [-0.4, -0.2) is 16.1 Å². The second-order valence-electron chi connectivity index (χ2n) is 4.01. The zero-order chi connectivity index (χ0) is 13.5. The quantitative estimate of drug-likeness (QED) is 0.764. The lowest BCUT2D eigenvalue weighted by Gasteiger charge is -2.05. The molecule has 2 aromatic rings. The van der Waals surface area contributed by atoms with E-state index in [1.807, 2.05) is 13.8 Å². The first-order valence-corrected chi connectivity index (χ1v) is 6.46. The van der Waals surface area contributed by atoms with Crippen LogP contribution >= 0.6 is 22.9 Å². The predicted octanol–water partition coefficient (Wildman–Crippen LogP) is 4.46. The van der Waals surface area contributed by atoms with Crippen molar-refractivity contribution in [2.24, 2.45) is 0 Å². The Morgan fingerprint density at radius 3 is 2.50 bits per heavy atom. The summed E-state index contributed by atoms with van der Waals surface area (Å²) in [5.41, 5.74) is 0.988. The molecule has 18 heavy (non-hydrogen) atoms. The maximum atomic E-state index is 12.1. The van der Waals surface area contributed by atoms with Crippen LogP contribution in [0.2, 0.25) is 5.15 Å². The van der Waals surface area contributed by atoms with Crippen molar-refractivity contribution in [1.82, 2.24) is 9.97 Å². The van der Waals surface area contributed by atoms with Crippen molar-refractivity contribution in [2.45, 2.75) is 32.9 Å². The average Bonchev–Trinajstić information content (AvgIpc) is 2.51. The number of alkyl halides is 3. The zero-order valence-corrected chi connectivity index (χ0v) is 11.3. The van der Waals surface area contributed by atoms with E-state index in [-0.39, 0.29) is 17.4 Å². The Bertz CT molecular complexity index is 592. The SMILES string of the molecule is Cc1sc2nc(CCC(F)(F)F)nc(Cl)c2c1C. The third-order valence-corrected chi connectivity index (χ3v) is 4.04. The van der Waals surface area contributed by atoms with Gasteiger partial charge in [0, 0.05) is 11.3 Å². The molecule has 98 valence electrons. The molecule has 2 heterocycles. The van der Waals surface area contributed by atoms with E-state index in [9.17, 15) is 13.2 Å². The highest BCUT2D eigenvalue weighted by Gasteiger charge is 2.27. The molecule has 2 nitrogen and oxygen atoms in total. The highest BCUT2D eigenvalue weighted by Crippen LogP contribution is 2.33. The van der Waals surface area contributed by atoms with Gasteiger partial charge in [-0.1, -0.05) is 11.6 Å². The summed E-state index contributed by atoms with van der Waals surface area (Å²) in [6.45, 7) is 3.83. The lowest BCUT2D eigenvalue weighted by molar-refractivity contribution is -0.134. The fraction of sp³-hybridized carbons (Fsp3) is 0.455. The smallest absolute Gasteiger partial charge is 0.222 e. The maximum absolute atomic E-state index is 12.1. The molecule has 2 aromatic heterocycles. The van der Waals surface area contributed by atoms with Crippen LogP contribution in [0, 0.1) is 13.8 Å². The molecular weight excluding hydrogens is 285 g/mol. The minimum Gasteiger partial charge on any atom is -0.222 e. The Kier molecular flexibility index (Phi) is 3.51. The first-order chi connectivity index (χ1) is 8.28. The van der Waals surface area contributed by atoms with Gasteiger partial charge in [0.15, 0.2) is 0 Å². The van der Waals surface area contributed by atoms with Crippen LogP contribution in [0.25, 0.3) is 10.2 Å². The van der Waals surface area contributed by atoms with Gasteiger partial charge in [0.1, 0.15) is 15.8 Å². The highest BCUT2D eigenvalue weighted by atomic mass is 35.5. The number of hydrogen-bond donors (Lipinski definition) is 0. The Labute approximate surface area is 111 Å². The predicted molar refractivity (Wildman–Crippen MR) is 66.3 cm³/mol. The van der Waals surface area contributed by atoms with Gasteiger partial charge in [-0.15, -0.1) is 11.3 Å². The van der Waals surface area contributed by atoms with Crippen LogP contribution in [0.4, 0.5) is 13.2 Å². The van der Waals surface area contributed by atoms with Gasteiger partial charge in [-0.3, -0.25) is 0 Å². The van der Waals surface area contributed by atoms with Crippen molar-refractivity contribution in [3.05, 3.63) is 21.4 Å². The number of fused-ring (bicyclic) bond motifs is 1. The molecule has 0 aliphatic carbocycles. The molecule has 0 N–H and O–H groups in total. The van der Waals surface area contributed by atoms with Crippen molar-refractivity contribution in [2.75, 3.05) is 0 Å². The fourth-order valence-corrected chi connectivity index (χ4v) is 3.04. The van der Waals surface area contributed by atoms with Crippen LogP contribution in [0.1, 0.15) is 22.7 Å². The Morgan fingerprint density at radius 1 is 1.22 bits per heavy atom. The lowest BCUT2D eigenvalue weighted by Crippen LogP contribution is -2.10. The summed E-state index contributed by atoms with van der Waals surface area (Å²) < 4.78 is 36.4. The minimum atomic E-state index is -4.20. The lowest BCUT2D eigenvalue weighted by atomic mass is 10.2. The van der Waals surface area contributed by atoms with Gasteiger partial charge in [-0.25, -0.2) is 9.97 Å². The van der Waals surface area contributed by atoms with Crippen LogP contribution < -0.4 is 0 Å². The summed E-state index contributed by atoms with van der Waals surface area (Å²) >= 11 is 7.43. The molecule has 0 aliphatic heterocycles. The third-order valence-electron chi connectivity index (χ3n) is 2.66. The van der Waals surface area contributed by atoms with Gasteiger partial charge in [-0.05, 0) is 19.4 Å². The molecule has 0 bridgehead atoms. The summed E-state index contributed by atoms with van der Waals surface area (Å²) in [7, 11) is 0. The summed E-state index contributed by atoms with van der Waals surface area (Å²) in [6, 6.07) is 0. The highest BCUT2D eigenvalue weighted by molar-refractivity contribution is 7.18. The van der Waals surface area contributed by atoms with E-state index in [4.69, 9.17) is 11.6 Å². The van der Waals surface area contributed by atoms with E-state index in [0.717, 1.165) is 15.8 Å². The Balaban J connectivity index is 2.38. The van der Waals surface area contributed by atoms with Crippen LogP contribution in [-0.2, 0) is 6.42 Å². The number of thiophene rings is 1. The van der Waals surface area contributed by atoms with Crippen molar-refractivity contribution in [3.63, 3.8) is 0 Å². The van der Waals surface area contributed by atoms with Gasteiger partial charge >= 0.3 is 6.18 Å². The number of rotatable bonds is 2. The molecule has 2 rings (SSSR count). The summed E-state index contributed by atoms with van der Waals surface area (Å²) in [4.78, 5) is 9.79. The molecule has 0 atom stereocenters. The Morgan fingerprint density at radius 2 is 1.89 bits per heavy atom. The fourth-order valence-electron chi connectivity index (χ4n) is 1.61. The van der Waals surface area contributed by atoms with Crippen molar-refractivity contribution >= 4 is 33.2 Å². The summed E-state index contributed by atoms with van der Waals surface area (Å²) in [6.07, 6.45) is -5.38. The summed E-state index contributed by atoms with van der Waals surface area (Å²) in [5.74, 6) is 0.145. The van der Waals surface area contributed by atoms with E-state index >= 15 is 0 Å². The van der Waals surface area contributed by atoms with Crippen LogP contribution in [0.15, 0.2) is 0 Å². The first kappa shape index (κ1) is 13.5. The molecule has 0 unspecified atom stereocenters. The number of hydrogen-bond acceptors (Lipinski definition) is 3. The number of halogens is 4. The molecule has 0 amide bonds. The normalized spacial score (nSPS) is 12.3. The molecule has 0 spiro atoms. The van der Waals surface area contributed by atoms with E-state index in [1.54, 1.807) is 0 Å². The molecule has 0 aromatic carbocycles. The van der Waals surface area contributed by atoms with E-state index in [0.29, 0.717) is 4.83 Å². The summed E-state index contributed by atoms with van der Waals surface area (Å²) in [5, 5.41) is 0.981. The van der Waals surface area contributed by atoms with Gasteiger partial charge in [0.25, 0.3) is 0 Å². The Hall–Kier alpha value is -0.880. The standard InChI is InChI=1S/C11H10ClF3N2S/c1-5-6(2)18-10-8(5)9(12)16-7(17-10)3-4-11(13,14)15/h3-4H2,1-2H3. The molecule has 0 fully saturated rings. The number of nitrogens with zero attached hydrogens (tertiary/aromatic N) is 2. The molecule has 0 saturated heterocycles. The van der Waals surface area contributed by atoms with Gasteiger partial charge in [0.2, 0.25) is 0 Å². The topological polar surface area (TPSA) is 25.8 Å². The van der Waals surface area contributed by atoms with E-state index < -0.39 is 12.6 Å². The number of aromatic nitrogens is 2. The molecular formula is C11H10ClF3N2S. The molecule has 0 radical (unpaired) electrons. The largest absolute Gasteiger partial charge is 0.389 e. The van der Waals surface area contributed by atoms with E-state index in [2.05, 4.69) is 9.97 Å². The van der Waals surface area contributed by atoms with Crippen LogP contribution in [0.3, 0.4) is 0 Å². The average molecular weight is 295 g/mol. The van der Waals surface area contributed by atoms with Gasteiger partial charge in [0.05, 0.1) is 11.8 Å². The molecule has 0 aliphatic rings. The maximum Gasteiger partial charge on any atom is 0.389 e. The zero-order valence-electron chi connectivity index (χ0n) is 9.73. The van der Waals surface area contributed by atoms with E-state index in [1.165, 1.54) is 11.3 Å². The van der Waals surface area contributed by atoms with Gasteiger partial charge in [-0.2, -0.15) is 13.2 Å². The minimum absolute atomic E-state index is 0.145. The number of aryl methyl sites for hydroxylation is 3. The second-order valence-corrected chi connectivity index (χ2v) is 5.57.